The Balaban J connectivity index is 0.000000199. The number of carboxylic acid groups (broad SMARTS) is 2. The van der Waals surface area contributed by atoms with Crippen LogP contribution in [0, 0.1) is 23.0 Å². The Bertz CT molecular complexity index is 1280. The van der Waals surface area contributed by atoms with Crippen molar-refractivity contribution in [3.8, 4) is 22.3 Å². The van der Waals surface area contributed by atoms with E-state index in [9.17, 15) is 9.59 Å². The Morgan fingerprint density at radius 3 is 1.17 bits per heavy atom. The zero-order valence-electron chi connectivity index (χ0n) is 24.7. The van der Waals surface area contributed by atoms with Crippen LogP contribution in [0.2, 0.25) is 0 Å². The molecule has 0 unspecified atom stereocenters. The molecule has 5 heteroatoms. The number of benzene rings is 4. The number of carboxylic acids is 2. The second-order valence-electron chi connectivity index (χ2n) is 11.9. The van der Waals surface area contributed by atoms with Gasteiger partial charge in [0.15, 0.2) is 0 Å². The summed E-state index contributed by atoms with van der Waals surface area (Å²) in [7, 11) is 0. The maximum atomic E-state index is 10.0. The van der Waals surface area contributed by atoms with Crippen molar-refractivity contribution in [2.75, 3.05) is 0 Å². The molecule has 0 aromatic heterocycles. The maximum Gasteiger partial charge on any atom is 2.00 e. The van der Waals surface area contributed by atoms with Crippen LogP contribution in [0.15, 0.2) is 84.9 Å². The Morgan fingerprint density at radius 1 is 0.561 bits per heavy atom. The second kappa shape index (κ2) is 14.4. The van der Waals surface area contributed by atoms with Crippen molar-refractivity contribution in [3.05, 3.63) is 119 Å². The van der Waals surface area contributed by atoms with Crippen LogP contribution in [0.5, 0.6) is 0 Å². The van der Waals surface area contributed by atoms with Crippen LogP contribution in [0.25, 0.3) is 22.3 Å². The third kappa shape index (κ3) is 9.28. The van der Waals surface area contributed by atoms with Crippen molar-refractivity contribution in [2.45, 2.75) is 54.4 Å². The van der Waals surface area contributed by atoms with Gasteiger partial charge < -0.3 is 10.2 Å². The number of fused-ring (bicyclic) bond motifs is 6. The molecule has 4 aromatic carbocycles. The predicted molar refractivity (Wildman–Crippen MR) is 161 cm³/mol. The largest absolute Gasteiger partial charge is 2.00 e. The van der Waals surface area contributed by atoms with Crippen molar-refractivity contribution in [1.82, 2.24) is 0 Å². The van der Waals surface area contributed by atoms with Gasteiger partial charge in [0.1, 0.15) is 0 Å². The Labute approximate surface area is 259 Å². The van der Waals surface area contributed by atoms with Crippen LogP contribution < -0.4 is 0 Å². The molecule has 0 spiro atoms. The topological polar surface area (TPSA) is 74.6 Å². The first-order chi connectivity index (χ1) is 18.8. The van der Waals surface area contributed by atoms with Gasteiger partial charge in [-0.15, -0.1) is 11.1 Å². The Morgan fingerprint density at radius 2 is 0.854 bits per heavy atom. The van der Waals surface area contributed by atoms with Crippen LogP contribution in [0.1, 0.15) is 63.8 Å². The first-order valence-electron chi connectivity index (χ1n) is 13.4. The number of rotatable bonds is 0. The van der Waals surface area contributed by atoms with E-state index in [4.69, 9.17) is 10.2 Å². The fourth-order valence-corrected chi connectivity index (χ4v) is 4.00. The van der Waals surface area contributed by atoms with Crippen LogP contribution in [-0.2, 0) is 44.1 Å². The number of carbonyl (C=O) groups is 2. The SMILES string of the molecule is CC(C)(C)C(=O)O.CC(C)(C)C(=O)O.[Ti+2].[c-]1cccc2c1Cc1ccccc1-2.[c-]1cccc2c1Cc1ccccc1-2. The summed E-state index contributed by atoms with van der Waals surface area (Å²) in [6, 6.07) is 36.2. The fraction of sp³-hybridized carbons (Fsp3) is 0.278. The number of aliphatic carboxylic acids is 2. The molecule has 0 aliphatic heterocycles. The Hall–Kier alpha value is -3.47. The molecule has 0 amide bonds. The molecule has 4 aromatic rings. The van der Waals surface area contributed by atoms with Gasteiger partial charge in [-0.2, -0.15) is 59.7 Å². The molecule has 0 saturated carbocycles. The summed E-state index contributed by atoms with van der Waals surface area (Å²) >= 11 is 0. The van der Waals surface area contributed by atoms with Gasteiger partial charge in [-0.1, -0.05) is 70.8 Å². The van der Waals surface area contributed by atoms with Crippen LogP contribution in [0.4, 0.5) is 0 Å². The van der Waals surface area contributed by atoms with E-state index in [-0.39, 0.29) is 21.7 Å². The van der Waals surface area contributed by atoms with E-state index in [1.54, 1.807) is 41.5 Å². The first-order valence-corrected chi connectivity index (χ1v) is 13.4. The zero-order valence-corrected chi connectivity index (χ0v) is 26.3. The predicted octanol–water partition coefficient (Wildman–Crippen LogP) is 8.35. The fourth-order valence-electron chi connectivity index (χ4n) is 4.00. The van der Waals surface area contributed by atoms with E-state index in [1.807, 2.05) is 12.1 Å². The average molecular weight is 583 g/mol. The monoisotopic (exact) mass is 582 g/mol. The Kier molecular flexibility index (Phi) is 11.9. The van der Waals surface area contributed by atoms with Crippen LogP contribution in [-0.4, -0.2) is 22.2 Å². The van der Waals surface area contributed by atoms with E-state index >= 15 is 0 Å². The molecule has 2 aliphatic rings. The number of hydrogen-bond acceptors (Lipinski definition) is 2. The van der Waals surface area contributed by atoms with Crippen molar-refractivity contribution in [2.24, 2.45) is 10.8 Å². The van der Waals surface area contributed by atoms with Crippen LogP contribution >= 0.6 is 0 Å². The molecule has 0 heterocycles. The summed E-state index contributed by atoms with van der Waals surface area (Å²) in [6.45, 7) is 9.97. The van der Waals surface area contributed by atoms with Crippen molar-refractivity contribution < 1.29 is 41.5 Å². The smallest absolute Gasteiger partial charge is 0.481 e. The molecule has 210 valence electrons. The molecule has 2 N–H and O–H groups in total. The summed E-state index contributed by atoms with van der Waals surface area (Å²) in [5.74, 6) is -1.51. The summed E-state index contributed by atoms with van der Waals surface area (Å²) in [5.41, 5.74) is 9.85. The molecular weight excluding hydrogens is 544 g/mol. The van der Waals surface area contributed by atoms with Crippen molar-refractivity contribution >= 4 is 11.9 Å². The maximum absolute atomic E-state index is 10.0. The molecule has 0 fully saturated rings. The van der Waals surface area contributed by atoms with Gasteiger partial charge in [-0.3, -0.25) is 9.59 Å². The molecule has 0 atom stereocenters. The summed E-state index contributed by atoms with van der Waals surface area (Å²) < 4.78 is 0. The quantitative estimate of drug-likeness (QED) is 0.139. The number of hydrogen-bond donors (Lipinski definition) is 2. The summed E-state index contributed by atoms with van der Waals surface area (Å²) in [5, 5.41) is 16.5. The first kappa shape index (κ1) is 33.7. The molecule has 6 rings (SSSR count). The van der Waals surface area contributed by atoms with Gasteiger partial charge in [0.25, 0.3) is 0 Å². The van der Waals surface area contributed by atoms with Gasteiger partial charge >= 0.3 is 33.7 Å². The molecule has 41 heavy (non-hydrogen) atoms. The third-order valence-corrected chi connectivity index (χ3v) is 6.52. The van der Waals surface area contributed by atoms with E-state index < -0.39 is 22.8 Å². The van der Waals surface area contributed by atoms with E-state index in [2.05, 4.69) is 84.9 Å². The average Bonchev–Trinajstić information content (AvgIpc) is 3.47. The third-order valence-electron chi connectivity index (χ3n) is 6.52. The molecule has 4 nitrogen and oxygen atoms in total. The molecular formula is C36H38O4Ti. The minimum Gasteiger partial charge on any atom is -0.481 e. The van der Waals surface area contributed by atoms with Gasteiger partial charge in [0.05, 0.1) is 10.8 Å². The van der Waals surface area contributed by atoms with E-state index in [1.165, 1.54) is 44.5 Å². The summed E-state index contributed by atoms with van der Waals surface area (Å²) in [6.07, 6.45) is 2.10. The summed E-state index contributed by atoms with van der Waals surface area (Å²) in [4.78, 5) is 20.0. The van der Waals surface area contributed by atoms with E-state index in [0.717, 1.165) is 12.8 Å². The van der Waals surface area contributed by atoms with Crippen molar-refractivity contribution in [3.63, 3.8) is 0 Å². The van der Waals surface area contributed by atoms with Crippen molar-refractivity contribution in [1.29, 1.82) is 0 Å². The van der Waals surface area contributed by atoms with Crippen LogP contribution in [0.3, 0.4) is 0 Å². The van der Waals surface area contributed by atoms with Gasteiger partial charge in [0.2, 0.25) is 0 Å². The molecule has 2 aliphatic carbocycles. The normalized spacial score (nSPS) is 11.7. The van der Waals surface area contributed by atoms with E-state index in [0.29, 0.717) is 0 Å². The molecule has 0 saturated heterocycles. The second-order valence-corrected chi connectivity index (χ2v) is 11.9. The van der Waals surface area contributed by atoms with Gasteiger partial charge in [-0.25, -0.2) is 0 Å². The minimum absolute atomic E-state index is 0. The zero-order chi connectivity index (χ0) is 29.5. The standard InChI is InChI=1S/2C13H9.2C5H10O2.Ti/c2*1-3-7-12-10(5-1)9-11-6-2-4-8-13(11)12;2*1-5(2,3)4(6)7;/h2*1-5,7-8H,9H2;2*1-3H3,(H,6,7);/q2*-1;;;+2. The molecule has 0 bridgehead atoms. The minimum atomic E-state index is -0.757. The molecule has 0 radical (unpaired) electrons. The van der Waals surface area contributed by atoms with Gasteiger partial charge in [0, 0.05) is 0 Å². The van der Waals surface area contributed by atoms with Gasteiger partial charge in [-0.05, 0) is 54.4 Å².